The van der Waals surface area contributed by atoms with Gasteiger partial charge in [-0.05, 0) is 113 Å². The van der Waals surface area contributed by atoms with E-state index in [1.807, 2.05) is 23.3 Å². The van der Waals surface area contributed by atoms with Crippen molar-refractivity contribution in [1.82, 2.24) is 4.90 Å². The number of nitrogens with two attached hydrogens (primary N) is 1. The van der Waals surface area contributed by atoms with Crippen LogP contribution in [0.25, 0.3) is 6.08 Å². The number of hydrogen-bond donors (Lipinski definition) is 1. The Morgan fingerprint density at radius 3 is 2.27 bits per heavy atom. The van der Waals surface area contributed by atoms with Gasteiger partial charge in [-0.15, -0.1) is 0 Å². The van der Waals surface area contributed by atoms with Crippen molar-refractivity contribution in [2.24, 2.45) is 17.6 Å². The van der Waals surface area contributed by atoms with E-state index >= 15 is 0 Å². The Bertz CT molecular complexity index is 1110. The highest BCUT2D eigenvalue weighted by atomic mass is 16.1. The lowest BCUT2D eigenvalue weighted by atomic mass is 9.98. The van der Waals surface area contributed by atoms with Crippen molar-refractivity contribution < 1.29 is 4.79 Å². The molecule has 3 nitrogen and oxygen atoms in total. The zero-order valence-electron chi connectivity index (χ0n) is 28.1. The second-order valence-electron chi connectivity index (χ2n) is 12.2. The van der Waals surface area contributed by atoms with Gasteiger partial charge in [0, 0.05) is 29.2 Å². The predicted octanol–water partition coefficient (Wildman–Crippen LogP) is 10.6. The van der Waals surface area contributed by atoms with E-state index in [-0.39, 0.29) is 5.78 Å². The van der Waals surface area contributed by atoms with Crippen LogP contribution in [0, 0.1) is 25.7 Å². The van der Waals surface area contributed by atoms with E-state index in [2.05, 4.69) is 93.2 Å². The van der Waals surface area contributed by atoms with Gasteiger partial charge in [-0.3, -0.25) is 4.79 Å². The van der Waals surface area contributed by atoms with Crippen LogP contribution in [0.3, 0.4) is 0 Å². The number of benzene rings is 1. The number of ketones is 1. The lowest BCUT2D eigenvalue weighted by molar-refractivity contribution is -0.113. The van der Waals surface area contributed by atoms with E-state index in [1.165, 1.54) is 72.8 Å². The number of Topliss-reactive ketones (excluding diaryl/α,β-unsaturated/α-hetero) is 1. The number of allylic oxidation sites excluding steroid dienone is 6. The third kappa shape index (κ3) is 13.3. The summed E-state index contributed by atoms with van der Waals surface area (Å²) in [5.74, 6) is 2.17. The van der Waals surface area contributed by atoms with Gasteiger partial charge < -0.3 is 10.6 Å². The Hall–Kier alpha value is -2.65. The molecule has 0 aromatic heterocycles. The van der Waals surface area contributed by atoms with Crippen LogP contribution in [0.15, 0.2) is 71.2 Å². The summed E-state index contributed by atoms with van der Waals surface area (Å²) in [7, 11) is 0. The topological polar surface area (TPSA) is 46.3 Å². The van der Waals surface area contributed by atoms with Crippen molar-refractivity contribution in [3.63, 3.8) is 0 Å². The van der Waals surface area contributed by atoms with Gasteiger partial charge in [0.2, 0.25) is 0 Å². The Morgan fingerprint density at radius 2 is 1.76 bits per heavy atom. The molecule has 1 saturated carbocycles. The number of rotatable bonds is 11. The zero-order valence-corrected chi connectivity index (χ0v) is 28.1. The molecule has 3 rings (SSSR count). The Morgan fingerprint density at radius 1 is 1.10 bits per heavy atom. The molecule has 0 amide bonds. The van der Waals surface area contributed by atoms with E-state index in [1.54, 1.807) is 6.92 Å². The summed E-state index contributed by atoms with van der Waals surface area (Å²) in [6.07, 6.45) is 18.6. The first-order chi connectivity index (χ1) is 19.4. The number of aryl methyl sites for hydroxylation is 1. The summed E-state index contributed by atoms with van der Waals surface area (Å²) in [6, 6.07) is 6.83. The molecule has 2 unspecified atom stereocenters. The highest BCUT2D eigenvalue weighted by molar-refractivity contribution is 5.96. The second-order valence-corrected chi connectivity index (χ2v) is 12.2. The molecular weight excluding hydrogens is 500 g/mol. The third-order valence-corrected chi connectivity index (χ3v) is 8.54. The molecule has 1 fully saturated rings. The largest absolute Gasteiger partial charge is 0.328 e. The fourth-order valence-electron chi connectivity index (χ4n) is 4.59. The van der Waals surface area contributed by atoms with Crippen LogP contribution in [-0.4, -0.2) is 16.7 Å². The smallest absolute Gasteiger partial charge is 0.159 e. The van der Waals surface area contributed by atoms with Crippen molar-refractivity contribution in [3.8, 4) is 0 Å². The highest BCUT2D eigenvalue weighted by Gasteiger charge is 2.22. The average molecular weight is 561 g/mol. The summed E-state index contributed by atoms with van der Waals surface area (Å²) < 4.78 is 0. The van der Waals surface area contributed by atoms with Crippen LogP contribution in [0.5, 0.6) is 0 Å². The average Bonchev–Trinajstić information content (AvgIpc) is 3.77. The lowest BCUT2D eigenvalue weighted by Crippen LogP contribution is -2.18. The summed E-state index contributed by atoms with van der Waals surface area (Å²) >= 11 is 0. The standard InChI is InChI=1S/C23H27NO.C8H16.C7H17N/c1-15-9-8-10-22(19(15)5)13-16(2)18(4)20(6)24-12-11-23(21(7)25)14-17(24)3;1-3-7(2)6-8-4-5-8;1-3-5-6-7(8)4-2/h8-14H,3H2,1-2,4-7H3;7-8H,3-6H2,1-2H3;7H,3-6,8H2,1-2H3/b16-13+,20-18+;;. The van der Waals surface area contributed by atoms with Crippen molar-refractivity contribution in [2.45, 2.75) is 127 Å². The number of carbonyl (C=O) groups excluding carboxylic acids is 1. The summed E-state index contributed by atoms with van der Waals surface area (Å²) in [5, 5.41) is 0. The molecule has 2 aliphatic rings. The molecule has 0 spiro atoms. The maximum absolute atomic E-state index is 11.5. The Kier molecular flexibility index (Phi) is 16.6. The summed E-state index contributed by atoms with van der Waals surface area (Å²) in [5.41, 5.74) is 14.5. The van der Waals surface area contributed by atoms with Gasteiger partial charge in [-0.25, -0.2) is 0 Å². The lowest BCUT2D eigenvalue weighted by Gasteiger charge is -2.27. The minimum atomic E-state index is 0.0569. The number of unbranched alkanes of at least 4 members (excludes halogenated alkanes) is 1. The Labute approximate surface area is 253 Å². The normalized spacial score (nSPS) is 17.0. The number of carbonyl (C=O) groups is 1. The van der Waals surface area contributed by atoms with Crippen molar-refractivity contribution in [2.75, 3.05) is 0 Å². The van der Waals surface area contributed by atoms with Gasteiger partial charge in [0.25, 0.3) is 0 Å². The van der Waals surface area contributed by atoms with Crippen LogP contribution in [0.1, 0.15) is 123 Å². The highest BCUT2D eigenvalue weighted by Crippen LogP contribution is 2.35. The second kappa shape index (κ2) is 18.7. The molecule has 0 bridgehead atoms. The number of hydrogen-bond acceptors (Lipinski definition) is 3. The maximum atomic E-state index is 11.5. The SMILES string of the molecule is C=C1C=C(C(C)=O)C=CN1/C(C)=C(C)/C(C)=C/c1cccc(C)c1C.CCC(C)CC1CC1.CCCCC(N)CC. The van der Waals surface area contributed by atoms with E-state index in [0.717, 1.165) is 29.7 Å². The Balaban J connectivity index is 0.000000426. The van der Waals surface area contributed by atoms with Crippen molar-refractivity contribution in [1.29, 1.82) is 0 Å². The first-order valence-corrected chi connectivity index (χ1v) is 15.9. The van der Waals surface area contributed by atoms with Gasteiger partial charge in [-0.2, -0.15) is 0 Å². The maximum Gasteiger partial charge on any atom is 0.159 e. The molecule has 1 aromatic rings. The van der Waals surface area contributed by atoms with Crippen LogP contribution in [0.4, 0.5) is 0 Å². The predicted molar refractivity (Wildman–Crippen MR) is 181 cm³/mol. The van der Waals surface area contributed by atoms with E-state index in [0.29, 0.717) is 11.6 Å². The third-order valence-electron chi connectivity index (χ3n) is 8.54. The molecule has 2 atom stereocenters. The van der Waals surface area contributed by atoms with Gasteiger partial charge in [0.15, 0.2) is 5.78 Å². The molecule has 41 heavy (non-hydrogen) atoms. The molecule has 1 aliphatic carbocycles. The molecule has 2 N–H and O–H groups in total. The molecule has 1 heterocycles. The first-order valence-electron chi connectivity index (χ1n) is 15.9. The molecule has 1 aromatic carbocycles. The van der Waals surface area contributed by atoms with Crippen LogP contribution in [0.2, 0.25) is 0 Å². The van der Waals surface area contributed by atoms with Gasteiger partial charge in [0.05, 0.1) is 0 Å². The van der Waals surface area contributed by atoms with Gasteiger partial charge in [0.1, 0.15) is 0 Å². The van der Waals surface area contributed by atoms with Crippen LogP contribution >= 0.6 is 0 Å². The van der Waals surface area contributed by atoms with Crippen LogP contribution < -0.4 is 5.73 Å². The summed E-state index contributed by atoms with van der Waals surface area (Å²) in [6.45, 7) is 25.3. The van der Waals surface area contributed by atoms with Crippen LogP contribution in [-0.2, 0) is 4.79 Å². The monoisotopic (exact) mass is 560 g/mol. The quantitative estimate of drug-likeness (QED) is 0.274. The van der Waals surface area contributed by atoms with E-state index in [4.69, 9.17) is 5.73 Å². The van der Waals surface area contributed by atoms with E-state index in [9.17, 15) is 4.79 Å². The molecule has 3 heteroatoms. The summed E-state index contributed by atoms with van der Waals surface area (Å²) in [4.78, 5) is 13.6. The molecule has 228 valence electrons. The molecular formula is C38H60N2O. The minimum Gasteiger partial charge on any atom is -0.328 e. The number of nitrogens with zero attached hydrogens (tertiary/aromatic N) is 1. The van der Waals surface area contributed by atoms with Gasteiger partial charge >= 0.3 is 0 Å². The zero-order chi connectivity index (χ0) is 31.1. The minimum absolute atomic E-state index is 0.0569. The fraction of sp³-hybridized carbons (Fsp3) is 0.553. The van der Waals surface area contributed by atoms with E-state index < -0.39 is 0 Å². The van der Waals surface area contributed by atoms with Crippen molar-refractivity contribution >= 4 is 11.9 Å². The fourth-order valence-corrected chi connectivity index (χ4v) is 4.59. The molecule has 0 radical (unpaired) electrons. The first kappa shape index (κ1) is 36.4. The van der Waals surface area contributed by atoms with Gasteiger partial charge in [-0.1, -0.05) is 90.7 Å². The molecule has 0 saturated heterocycles. The van der Waals surface area contributed by atoms with Crippen molar-refractivity contribution in [3.05, 3.63) is 87.9 Å². The molecule has 1 aliphatic heterocycles.